The molecule has 0 aliphatic rings. The fraction of sp³-hybridized carbons (Fsp3) is 0.316. The first kappa shape index (κ1) is 18.2. The molecule has 144 valence electrons. The molecule has 0 amide bonds. The van der Waals surface area contributed by atoms with Crippen molar-refractivity contribution in [2.75, 3.05) is 13.7 Å². The zero-order chi connectivity index (χ0) is 19.5. The van der Waals surface area contributed by atoms with Gasteiger partial charge in [0.15, 0.2) is 17.3 Å². The van der Waals surface area contributed by atoms with E-state index in [0.29, 0.717) is 19.0 Å². The number of methoxy groups -OCH3 is 1. The van der Waals surface area contributed by atoms with E-state index in [9.17, 15) is 4.39 Å². The summed E-state index contributed by atoms with van der Waals surface area (Å²) in [5.41, 5.74) is 2.84. The van der Waals surface area contributed by atoms with Crippen LogP contribution in [0.5, 0.6) is 0 Å². The molecule has 0 unspecified atom stereocenters. The first-order valence-corrected chi connectivity index (χ1v) is 8.98. The van der Waals surface area contributed by atoms with E-state index in [1.165, 1.54) is 6.07 Å². The summed E-state index contributed by atoms with van der Waals surface area (Å²) < 4.78 is 23.1. The average molecular weight is 381 g/mol. The van der Waals surface area contributed by atoms with E-state index in [1.54, 1.807) is 38.1 Å². The molecule has 0 fully saturated rings. The van der Waals surface area contributed by atoms with Gasteiger partial charge in [-0.15, -0.1) is 10.2 Å². The molecule has 0 saturated carbocycles. The molecule has 0 radical (unpaired) electrons. The van der Waals surface area contributed by atoms with E-state index < -0.39 is 5.82 Å². The molecule has 0 saturated heterocycles. The Morgan fingerprint density at radius 1 is 1.14 bits per heavy atom. The van der Waals surface area contributed by atoms with Gasteiger partial charge in [-0.2, -0.15) is 0 Å². The van der Waals surface area contributed by atoms with Gasteiger partial charge in [0.2, 0.25) is 0 Å². The number of fused-ring (bicyclic) bond motifs is 1. The maximum Gasteiger partial charge on any atom is 0.167 e. The van der Waals surface area contributed by atoms with Gasteiger partial charge in [0.05, 0.1) is 12.2 Å². The van der Waals surface area contributed by atoms with Crippen LogP contribution in [0.3, 0.4) is 0 Å². The monoisotopic (exact) mass is 381 g/mol. The highest BCUT2D eigenvalue weighted by Crippen LogP contribution is 2.22. The van der Waals surface area contributed by atoms with Crippen molar-refractivity contribution in [3.63, 3.8) is 0 Å². The Labute approximate surface area is 161 Å². The van der Waals surface area contributed by atoms with Crippen molar-refractivity contribution >= 4 is 5.65 Å². The van der Waals surface area contributed by atoms with Crippen LogP contribution in [-0.2, 0) is 17.7 Å². The van der Waals surface area contributed by atoms with Crippen LogP contribution in [-0.4, -0.2) is 47.8 Å². The summed E-state index contributed by atoms with van der Waals surface area (Å²) >= 11 is 0. The van der Waals surface area contributed by atoms with Crippen molar-refractivity contribution in [2.24, 2.45) is 0 Å². The molecule has 4 rings (SSSR count). The van der Waals surface area contributed by atoms with Crippen molar-refractivity contribution in [1.82, 2.24) is 34.1 Å². The maximum atomic E-state index is 14.2. The standard InChI is InChI=1S/C19H20FN7O/c1-13-24-25-18-14(5-4-10-28-2)16(23-12-27(13)18)11-26-9-8-22-19(26)17-15(20)6-3-7-21-17/h3,6-9,12H,4-5,10-11H2,1-2H3. The highest BCUT2D eigenvalue weighted by Gasteiger charge is 2.17. The number of nitrogens with zero attached hydrogens (tertiary/aromatic N) is 7. The quantitative estimate of drug-likeness (QED) is 0.457. The fourth-order valence-electron chi connectivity index (χ4n) is 3.20. The molecule has 0 spiro atoms. The van der Waals surface area contributed by atoms with Gasteiger partial charge in [-0.25, -0.2) is 19.3 Å². The van der Waals surface area contributed by atoms with Crippen LogP contribution < -0.4 is 0 Å². The summed E-state index contributed by atoms with van der Waals surface area (Å²) in [6.07, 6.45) is 8.29. The SMILES string of the molecule is COCCCc1c(Cn2ccnc2-c2ncccc2F)ncn2c(C)nnc12. The molecule has 8 nitrogen and oxygen atoms in total. The topological polar surface area (TPSA) is 83.0 Å². The van der Waals surface area contributed by atoms with Crippen LogP contribution in [0.2, 0.25) is 0 Å². The van der Waals surface area contributed by atoms with Crippen molar-refractivity contribution < 1.29 is 9.13 Å². The summed E-state index contributed by atoms with van der Waals surface area (Å²) in [5, 5.41) is 8.48. The largest absolute Gasteiger partial charge is 0.385 e. The van der Waals surface area contributed by atoms with E-state index in [-0.39, 0.29) is 5.69 Å². The van der Waals surface area contributed by atoms with E-state index in [1.807, 2.05) is 15.9 Å². The Hall–Kier alpha value is -3.20. The van der Waals surface area contributed by atoms with Crippen LogP contribution >= 0.6 is 0 Å². The summed E-state index contributed by atoms with van der Waals surface area (Å²) in [7, 11) is 1.68. The Morgan fingerprint density at radius 2 is 2.04 bits per heavy atom. The molecular formula is C19H20FN7O. The molecule has 0 aliphatic heterocycles. The number of aryl methyl sites for hydroxylation is 2. The van der Waals surface area contributed by atoms with Crippen LogP contribution in [0.15, 0.2) is 37.1 Å². The van der Waals surface area contributed by atoms with E-state index in [4.69, 9.17) is 4.74 Å². The number of rotatable bonds is 7. The number of aromatic nitrogens is 7. The second-order valence-electron chi connectivity index (χ2n) is 6.42. The molecule has 4 aromatic heterocycles. The van der Waals surface area contributed by atoms with Crippen molar-refractivity contribution in [1.29, 1.82) is 0 Å². The van der Waals surface area contributed by atoms with Gasteiger partial charge in [-0.3, -0.25) is 4.40 Å². The number of halogens is 1. The summed E-state index contributed by atoms with van der Waals surface area (Å²) in [6, 6.07) is 2.93. The second-order valence-corrected chi connectivity index (χ2v) is 6.42. The Morgan fingerprint density at radius 3 is 2.86 bits per heavy atom. The average Bonchev–Trinajstić information content (AvgIpc) is 3.31. The zero-order valence-electron chi connectivity index (χ0n) is 15.7. The Bertz CT molecular complexity index is 1100. The molecule has 9 heteroatoms. The lowest BCUT2D eigenvalue weighted by Crippen LogP contribution is -2.10. The number of ether oxygens (including phenoxy) is 1. The number of pyridine rings is 1. The van der Waals surface area contributed by atoms with E-state index in [0.717, 1.165) is 35.6 Å². The van der Waals surface area contributed by atoms with Gasteiger partial charge in [-0.1, -0.05) is 0 Å². The predicted molar refractivity (Wildman–Crippen MR) is 100 cm³/mol. The van der Waals surface area contributed by atoms with E-state index >= 15 is 0 Å². The molecule has 4 heterocycles. The molecule has 0 atom stereocenters. The van der Waals surface area contributed by atoms with Crippen molar-refractivity contribution in [3.05, 3.63) is 59.9 Å². The smallest absolute Gasteiger partial charge is 0.167 e. The van der Waals surface area contributed by atoms with Gasteiger partial charge in [0.1, 0.15) is 17.8 Å². The molecule has 28 heavy (non-hydrogen) atoms. The fourth-order valence-corrected chi connectivity index (χ4v) is 3.20. The minimum absolute atomic E-state index is 0.216. The van der Waals surface area contributed by atoms with E-state index in [2.05, 4.69) is 25.1 Å². The minimum atomic E-state index is -0.410. The first-order valence-electron chi connectivity index (χ1n) is 8.98. The lowest BCUT2D eigenvalue weighted by molar-refractivity contribution is 0.195. The van der Waals surface area contributed by atoms with Crippen LogP contribution in [0, 0.1) is 12.7 Å². The number of imidazole rings is 1. The summed E-state index contributed by atoms with van der Waals surface area (Å²) in [4.78, 5) is 13.1. The summed E-state index contributed by atoms with van der Waals surface area (Å²) in [6.45, 7) is 2.96. The highest BCUT2D eigenvalue weighted by molar-refractivity contribution is 5.52. The van der Waals surface area contributed by atoms with Gasteiger partial charge < -0.3 is 9.30 Å². The minimum Gasteiger partial charge on any atom is -0.385 e. The summed E-state index contributed by atoms with van der Waals surface area (Å²) in [5.74, 6) is 0.827. The normalized spacial score (nSPS) is 11.4. The Kier molecular flexibility index (Phi) is 5.07. The third kappa shape index (κ3) is 3.36. The van der Waals surface area contributed by atoms with Gasteiger partial charge in [0, 0.05) is 37.9 Å². The Balaban J connectivity index is 1.74. The molecule has 0 bridgehead atoms. The zero-order valence-corrected chi connectivity index (χ0v) is 15.7. The number of hydrogen-bond acceptors (Lipinski definition) is 6. The second kappa shape index (κ2) is 7.81. The first-order chi connectivity index (χ1) is 13.7. The third-order valence-corrected chi connectivity index (χ3v) is 4.59. The molecule has 4 aromatic rings. The lowest BCUT2D eigenvalue weighted by atomic mass is 10.1. The van der Waals surface area contributed by atoms with Gasteiger partial charge in [-0.05, 0) is 31.9 Å². The number of hydrogen-bond donors (Lipinski definition) is 0. The van der Waals surface area contributed by atoms with Crippen molar-refractivity contribution in [3.8, 4) is 11.5 Å². The maximum absolute atomic E-state index is 14.2. The lowest BCUT2D eigenvalue weighted by Gasteiger charge is -2.12. The predicted octanol–water partition coefficient (Wildman–Crippen LogP) is 2.46. The third-order valence-electron chi connectivity index (χ3n) is 4.59. The van der Waals surface area contributed by atoms with Crippen LogP contribution in [0.25, 0.3) is 17.2 Å². The van der Waals surface area contributed by atoms with Crippen LogP contribution in [0.4, 0.5) is 4.39 Å². The molecule has 0 N–H and O–H groups in total. The van der Waals surface area contributed by atoms with Crippen molar-refractivity contribution in [2.45, 2.75) is 26.3 Å². The van der Waals surface area contributed by atoms with Gasteiger partial charge >= 0.3 is 0 Å². The molecular weight excluding hydrogens is 361 g/mol. The molecule has 0 aromatic carbocycles. The highest BCUT2D eigenvalue weighted by atomic mass is 19.1. The van der Waals surface area contributed by atoms with Gasteiger partial charge in [0.25, 0.3) is 0 Å². The van der Waals surface area contributed by atoms with Crippen LogP contribution in [0.1, 0.15) is 23.5 Å². The molecule has 0 aliphatic carbocycles.